The number of rotatable bonds is 1. The molecule has 0 bridgehead atoms. The molecule has 1 fully saturated rings. The van der Waals surface area contributed by atoms with Crippen LogP contribution >= 0.6 is 0 Å². The summed E-state index contributed by atoms with van der Waals surface area (Å²) in [6.45, 7) is 1.80. The van der Waals surface area contributed by atoms with E-state index in [4.69, 9.17) is 0 Å². The number of fused-ring (bicyclic) bond motifs is 1. The number of piperazine rings is 1. The van der Waals surface area contributed by atoms with E-state index in [0.29, 0.717) is 24.4 Å². The van der Waals surface area contributed by atoms with Gasteiger partial charge in [0, 0.05) is 13.1 Å². The van der Waals surface area contributed by atoms with Crippen molar-refractivity contribution < 1.29 is 4.79 Å². The molecule has 0 atom stereocenters. The fourth-order valence-corrected chi connectivity index (χ4v) is 1.86. The molecule has 0 spiro atoms. The lowest BCUT2D eigenvalue weighted by Gasteiger charge is -2.26. The van der Waals surface area contributed by atoms with Gasteiger partial charge in [0.15, 0.2) is 0 Å². The van der Waals surface area contributed by atoms with Crippen molar-refractivity contribution >= 4 is 22.8 Å². The van der Waals surface area contributed by atoms with E-state index in [1.807, 2.05) is 12.1 Å². The first-order chi connectivity index (χ1) is 8.34. The molecule has 6 nitrogen and oxygen atoms in total. The van der Waals surface area contributed by atoms with Crippen molar-refractivity contribution in [2.24, 2.45) is 0 Å². The Bertz CT molecular complexity index is 571. The zero-order valence-electron chi connectivity index (χ0n) is 9.13. The summed E-state index contributed by atoms with van der Waals surface area (Å²) < 4.78 is 0. The minimum atomic E-state index is 0.0416. The summed E-state index contributed by atoms with van der Waals surface area (Å²) >= 11 is 0. The third-order valence-electron chi connectivity index (χ3n) is 2.71. The van der Waals surface area contributed by atoms with Crippen LogP contribution in [0.1, 0.15) is 0 Å². The molecule has 1 saturated heterocycles. The molecule has 6 heteroatoms. The van der Waals surface area contributed by atoms with E-state index in [0.717, 1.165) is 12.1 Å². The molecule has 2 aromatic rings. The molecule has 2 aromatic heterocycles. The van der Waals surface area contributed by atoms with Crippen LogP contribution in [-0.2, 0) is 4.79 Å². The zero-order valence-corrected chi connectivity index (χ0v) is 9.13. The summed E-state index contributed by atoms with van der Waals surface area (Å²) in [5, 5.41) is 3.03. The van der Waals surface area contributed by atoms with Crippen LogP contribution in [-0.4, -0.2) is 40.5 Å². The van der Waals surface area contributed by atoms with E-state index in [9.17, 15) is 4.79 Å². The molecular formula is C11H11N5O. The predicted octanol–water partition coefficient (Wildman–Crippen LogP) is -0.0390. The molecular weight excluding hydrogens is 218 g/mol. The van der Waals surface area contributed by atoms with E-state index in [-0.39, 0.29) is 5.91 Å². The number of pyridine rings is 1. The number of amides is 1. The van der Waals surface area contributed by atoms with Crippen molar-refractivity contribution in [3.05, 3.63) is 24.7 Å². The Kier molecular flexibility index (Phi) is 2.41. The Morgan fingerprint density at radius 1 is 1.29 bits per heavy atom. The molecule has 1 aliphatic rings. The number of nitrogens with zero attached hydrogens (tertiary/aromatic N) is 4. The summed E-state index contributed by atoms with van der Waals surface area (Å²) in [7, 11) is 0. The Morgan fingerprint density at radius 2 is 2.24 bits per heavy atom. The average molecular weight is 229 g/mol. The van der Waals surface area contributed by atoms with Crippen LogP contribution in [0.4, 0.5) is 5.82 Å². The van der Waals surface area contributed by atoms with Gasteiger partial charge < -0.3 is 5.32 Å². The van der Waals surface area contributed by atoms with Crippen LogP contribution in [0, 0.1) is 0 Å². The number of hydrogen-bond acceptors (Lipinski definition) is 5. The van der Waals surface area contributed by atoms with Crippen molar-refractivity contribution in [2.75, 3.05) is 24.5 Å². The summed E-state index contributed by atoms with van der Waals surface area (Å²) in [4.78, 5) is 25.8. The maximum atomic E-state index is 11.7. The van der Waals surface area contributed by atoms with Crippen LogP contribution in [0.25, 0.3) is 11.0 Å². The van der Waals surface area contributed by atoms with Crippen LogP contribution in [0.15, 0.2) is 24.7 Å². The maximum Gasteiger partial charge on any atom is 0.242 e. The van der Waals surface area contributed by atoms with Gasteiger partial charge in [0.2, 0.25) is 5.91 Å². The lowest BCUT2D eigenvalue weighted by Crippen LogP contribution is -2.48. The number of nitrogens with one attached hydrogen (secondary N) is 1. The molecule has 3 heterocycles. The number of anilines is 1. The first-order valence-corrected chi connectivity index (χ1v) is 5.42. The quantitative estimate of drug-likeness (QED) is 0.743. The molecule has 17 heavy (non-hydrogen) atoms. The predicted molar refractivity (Wildman–Crippen MR) is 62.6 cm³/mol. The molecule has 1 amide bonds. The number of hydrogen-bond donors (Lipinski definition) is 1. The molecule has 0 aliphatic carbocycles. The van der Waals surface area contributed by atoms with Crippen LogP contribution in [0.5, 0.6) is 0 Å². The van der Waals surface area contributed by atoms with Gasteiger partial charge in [-0.3, -0.25) is 9.69 Å². The number of carbonyl (C=O) groups is 1. The molecule has 3 rings (SSSR count). The largest absolute Gasteiger partial charge is 0.307 e. The fraction of sp³-hybridized carbons (Fsp3) is 0.273. The van der Waals surface area contributed by atoms with Gasteiger partial charge in [0.1, 0.15) is 17.7 Å². The second-order valence-corrected chi connectivity index (χ2v) is 3.82. The van der Waals surface area contributed by atoms with Crippen LogP contribution < -0.4 is 10.2 Å². The Morgan fingerprint density at radius 3 is 3.12 bits per heavy atom. The topological polar surface area (TPSA) is 71.0 Å². The average Bonchev–Trinajstić information content (AvgIpc) is 2.39. The second kappa shape index (κ2) is 4.06. The minimum Gasteiger partial charge on any atom is -0.307 e. The first-order valence-electron chi connectivity index (χ1n) is 5.42. The van der Waals surface area contributed by atoms with Gasteiger partial charge in [-0.25, -0.2) is 15.0 Å². The molecule has 1 N–H and O–H groups in total. The Labute approximate surface area is 97.7 Å². The minimum absolute atomic E-state index is 0.0416. The maximum absolute atomic E-state index is 11.7. The smallest absolute Gasteiger partial charge is 0.242 e. The standard InChI is InChI=1S/C11H11N5O/c17-11-6-12-3-4-16(11)10-2-1-8-9(15-10)5-13-7-14-8/h1-2,5,7,12H,3-4,6H2. The molecule has 86 valence electrons. The Balaban J connectivity index is 2.02. The SMILES string of the molecule is O=C1CNCCN1c1ccc2ncncc2n1. The number of carbonyl (C=O) groups excluding carboxylic acids is 1. The molecule has 0 unspecified atom stereocenters. The highest BCUT2D eigenvalue weighted by Crippen LogP contribution is 2.16. The third-order valence-corrected chi connectivity index (χ3v) is 2.71. The zero-order chi connectivity index (χ0) is 11.7. The fourth-order valence-electron chi connectivity index (χ4n) is 1.86. The summed E-state index contributed by atoms with van der Waals surface area (Å²) in [6.07, 6.45) is 3.14. The van der Waals surface area contributed by atoms with E-state index in [1.54, 1.807) is 11.1 Å². The van der Waals surface area contributed by atoms with E-state index in [1.165, 1.54) is 6.33 Å². The van der Waals surface area contributed by atoms with Crippen LogP contribution in [0.2, 0.25) is 0 Å². The lowest BCUT2D eigenvalue weighted by atomic mass is 10.3. The summed E-state index contributed by atoms with van der Waals surface area (Å²) in [5.41, 5.74) is 1.49. The highest BCUT2D eigenvalue weighted by Gasteiger charge is 2.20. The molecule has 0 saturated carbocycles. The van der Waals surface area contributed by atoms with Crippen molar-refractivity contribution in [3.8, 4) is 0 Å². The van der Waals surface area contributed by atoms with Crippen LogP contribution in [0.3, 0.4) is 0 Å². The highest BCUT2D eigenvalue weighted by atomic mass is 16.2. The monoisotopic (exact) mass is 229 g/mol. The van der Waals surface area contributed by atoms with Crippen molar-refractivity contribution in [3.63, 3.8) is 0 Å². The van der Waals surface area contributed by atoms with E-state index >= 15 is 0 Å². The normalized spacial score (nSPS) is 16.5. The Hall–Kier alpha value is -2.08. The molecule has 1 aliphatic heterocycles. The lowest BCUT2D eigenvalue weighted by molar-refractivity contribution is -0.118. The van der Waals surface area contributed by atoms with Gasteiger partial charge in [-0.2, -0.15) is 0 Å². The second-order valence-electron chi connectivity index (χ2n) is 3.82. The van der Waals surface area contributed by atoms with Crippen molar-refractivity contribution in [2.45, 2.75) is 0 Å². The molecule has 0 aromatic carbocycles. The first kappa shape index (κ1) is 10.1. The van der Waals surface area contributed by atoms with Gasteiger partial charge in [0.25, 0.3) is 0 Å². The van der Waals surface area contributed by atoms with Gasteiger partial charge in [-0.15, -0.1) is 0 Å². The highest BCUT2D eigenvalue weighted by molar-refractivity contribution is 5.95. The van der Waals surface area contributed by atoms with E-state index in [2.05, 4.69) is 20.3 Å². The van der Waals surface area contributed by atoms with Gasteiger partial charge in [0.05, 0.1) is 18.3 Å². The van der Waals surface area contributed by atoms with Gasteiger partial charge in [-0.1, -0.05) is 0 Å². The molecule has 0 radical (unpaired) electrons. The number of aromatic nitrogens is 3. The van der Waals surface area contributed by atoms with Crippen molar-refractivity contribution in [1.82, 2.24) is 20.3 Å². The van der Waals surface area contributed by atoms with Gasteiger partial charge in [-0.05, 0) is 12.1 Å². The summed E-state index contributed by atoms with van der Waals surface area (Å²) in [6, 6.07) is 3.67. The van der Waals surface area contributed by atoms with Crippen molar-refractivity contribution in [1.29, 1.82) is 0 Å². The van der Waals surface area contributed by atoms with E-state index < -0.39 is 0 Å². The summed E-state index contributed by atoms with van der Waals surface area (Å²) in [5.74, 6) is 0.707. The van der Waals surface area contributed by atoms with Gasteiger partial charge >= 0.3 is 0 Å². The third kappa shape index (κ3) is 1.83.